The second kappa shape index (κ2) is 8.69. The van der Waals surface area contributed by atoms with Crippen molar-refractivity contribution in [3.05, 3.63) is 18.0 Å². The van der Waals surface area contributed by atoms with E-state index in [1.165, 1.54) is 26.3 Å². The topological polar surface area (TPSA) is 127 Å². The second-order valence-electron chi connectivity index (χ2n) is 4.48. The molecule has 2 amide bonds. The zero-order valence-corrected chi connectivity index (χ0v) is 13.1. The fraction of sp³-hybridized carbons (Fsp3) is 0.429. The summed E-state index contributed by atoms with van der Waals surface area (Å²) in [4.78, 5) is 38.8. The molecule has 1 aromatic heterocycles. The first-order valence-electron chi connectivity index (χ1n) is 6.84. The maximum atomic E-state index is 12.1. The van der Waals surface area contributed by atoms with Crippen LogP contribution in [0.3, 0.4) is 0 Å². The van der Waals surface area contributed by atoms with Crippen molar-refractivity contribution in [2.45, 2.75) is 19.9 Å². The molecule has 126 valence electrons. The number of rotatable bonds is 7. The number of aromatic nitrogens is 1. The molecule has 1 rings (SSSR count). The van der Waals surface area contributed by atoms with Gasteiger partial charge in [-0.2, -0.15) is 0 Å². The lowest BCUT2D eigenvalue weighted by molar-refractivity contribution is -0.144. The number of amides is 2. The number of hydrogen-bond donors (Lipinski definition) is 3. The largest absolute Gasteiger partial charge is 0.504 e. The highest BCUT2D eigenvalue weighted by Gasteiger charge is 2.22. The molecule has 3 N–H and O–H groups in total. The molecule has 0 aliphatic rings. The Morgan fingerprint density at radius 1 is 1.39 bits per heavy atom. The zero-order chi connectivity index (χ0) is 17.4. The summed E-state index contributed by atoms with van der Waals surface area (Å²) in [5.41, 5.74) is -0.313. The predicted octanol–water partition coefficient (Wildman–Crippen LogP) is 0.0535. The first-order chi connectivity index (χ1) is 10.9. The van der Waals surface area contributed by atoms with E-state index in [9.17, 15) is 19.5 Å². The first kappa shape index (κ1) is 18.4. The number of carbonyl (C=O) groups excluding carboxylic acids is 3. The quantitative estimate of drug-likeness (QED) is 0.605. The normalized spacial score (nSPS) is 11.4. The number of nitrogens with one attached hydrogen (secondary N) is 2. The van der Waals surface area contributed by atoms with Crippen LogP contribution >= 0.6 is 0 Å². The van der Waals surface area contributed by atoms with Gasteiger partial charge in [0.05, 0.1) is 12.3 Å². The smallest absolute Gasteiger partial charge is 0.328 e. The third-order valence-corrected chi connectivity index (χ3v) is 2.68. The van der Waals surface area contributed by atoms with Crippen LogP contribution in [0.15, 0.2) is 12.3 Å². The van der Waals surface area contributed by atoms with Gasteiger partial charge in [0.25, 0.3) is 5.91 Å². The van der Waals surface area contributed by atoms with Gasteiger partial charge in [-0.25, -0.2) is 9.78 Å². The van der Waals surface area contributed by atoms with E-state index >= 15 is 0 Å². The number of nitrogens with zero attached hydrogens (tertiary/aromatic N) is 1. The molecule has 0 spiro atoms. The van der Waals surface area contributed by atoms with Crippen molar-refractivity contribution in [1.82, 2.24) is 10.3 Å². The highest BCUT2D eigenvalue weighted by Crippen LogP contribution is 2.25. The molecule has 9 nitrogen and oxygen atoms in total. The van der Waals surface area contributed by atoms with Gasteiger partial charge in [-0.3, -0.25) is 9.59 Å². The summed E-state index contributed by atoms with van der Waals surface area (Å²) in [6, 6.07) is 0.421. The molecule has 1 atom stereocenters. The fourth-order valence-corrected chi connectivity index (χ4v) is 1.63. The van der Waals surface area contributed by atoms with Crippen LogP contribution in [-0.4, -0.2) is 54.2 Å². The number of carbonyl (C=O) groups is 3. The van der Waals surface area contributed by atoms with Gasteiger partial charge in [0, 0.05) is 13.3 Å². The summed E-state index contributed by atoms with van der Waals surface area (Å²) < 4.78 is 9.42. The number of pyridine rings is 1. The summed E-state index contributed by atoms with van der Waals surface area (Å²) in [6.45, 7) is 3.07. The standard InChI is InChI=1S/C14H19N3O6/c1-4-23-14(21)8(2)16-13(20)11-12(19)9(5-6-15-11)17-10(18)7-22-3/h5-6,8,19H,4,7H2,1-3H3,(H,16,20)(H,15,17,18). The van der Waals surface area contributed by atoms with E-state index in [2.05, 4.69) is 20.4 Å². The van der Waals surface area contributed by atoms with Crippen LogP contribution in [0.2, 0.25) is 0 Å². The molecule has 0 radical (unpaired) electrons. The molecule has 0 bridgehead atoms. The minimum absolute atomic E-state index is 0.0102. The molecule has 0 fully saturated rings. The second-order valence-corrected chi connectivity index (χ2v) is 4.48. The van der Waals surface area contributed by atoms with E-state index in [1.807, 2.05) is 0 Å². The molecule has 1 heterocycles. The van der Waals surface area contributed by atoms with Crippen molar-refractivity contribution in [2.75, 3.05) is 25.6 Å². The molecular weight excluding hydrogens is 306 g/mol. The maximum Gasteiger partial charge on any atom is 0.328 e. The van der Waals surface area contributed by atoms with E-state index < -0.39 is 29.6 Å². The average Bonchev–Trinajstić information content (AvgIpc) is 2.49. The van der Waals surface area contributed by atoms with Crippen molar-refractivity contribution in [1.29, 1.82) is 0 Å². The molecular formula is C14H19N3O6. The Labute approximate surface area is 133 Å². The summed E-state index contributed by atoms with van der Waals surface area (Å²) in [7, 11) is 1.35. The number of methoxy groups -OCH3 is 1. The van der Waals surface area contributed by atoms with Gasteiger partial charge in [-0.05, 0) is 19.9 Å². The summed E-state index contributed by atoms with van der Waals surface area (Å²) >= 11 is 0. The van der Waals surface area contributed by atoms with Gasteiger partial charge >= 0.3 is 5.97 Å². The van der Waals surface area contributed by atoms with E-state index in [0.717, 1.165) is 0 Å². The molecule has 1 aromatic rings. The molecule has 0 aliphatic heterocycles. The lowest BCUT2D eigenvalue weighted by Crippen LogP contribution is -2.40. The molecule has 0 aromatic carbocycles. The van der Waals surface area contributed by atoms with Crippen LogP contribution in [0.4, 0.5) is 5.69 Å². The van der Waals surface area contributed by atoms with Crippen LogP contribution in [0, 0.1) is 0 Å². The SMILES string of the molecule is CCOC(=O)C(C)NC(=O)c1nccc(NC(=O)COC)c1O. The number of esters is 1. The monoisotopic (exact) mass is 325 g/mol. The van der Waals surface area contributed by atoms with Crippen LogP contribution in [0.1, 0.15) is 24.3 Å². The van der Waals surface area contributed by atoms with Gasteiger partial charge in [0.1, 0.15) is 12.6 Å². The summed E-state index contributed by atoms with van der Waals surface area (Å²) in [5.74, 6) is -2.39. The molecule has 9 heteroatoms. The minimum Gasteiger partial charge on any atom is -0.504 e. The van der Waals surface area contributed by atoms with Crippen LogP contribution < -0.4 is 10.6 Å². The van der Waals surface area contributed by atoms with Gasteiger partial charge < -0.3 is 25.2 Å². The number of aromatic hydroxyl groups is 1. The Bertz CT molecular complexity index is 590. The van der Waals surface area contributed by atoms with E-state index in [4.69, 9.17) is 4.74 Å². The Morgan fingerprint density at radius 3 is 2.70 bits per heavy atom. The van der Waals surface area contributed by atoms with Gasteiger partial charge in [-0.15, -0.1) is 0 Å². The van der Waals surface area contributed by atoms with E-state index in [1.54, 1.807) is 6.92 Å². The van der Waals surface area contributed by atoms with Crippen LogP contribution in [0.5, 0.6) is 5.75 Å². The molecule has 23 heavy (non-hydrogen) atoms. The van der Waals surface area contributed by atoms with E-state index in [-0.39, 0.29) is 24.6 Å². The predicted molar refractivity (Wildman–Crippen MR) is 80.0 cm³/mol. The van der Waals surface area contributed by atoms with E-state index in [0.29, 0.717) is 0 Å². The highest BCUT2D eigenvalue weighted by atomic mass is 16.5. The van der Waals surface area contributed by atoms with Gasteiger partial charge in [-0.1, -0.05) is 0 Å². The van der Waals surface area contributed by atoms with Crippen molar-refractivity contribution in [3.8, 4) is 5.75 Å². The van der Waals surface area contributed by atoms with Crippen molar-refractivity contribution < 1.29 is 29.0 Å². The number of anilines is 1. The zero-order valence-electron chi connectivity index (χ0n) is 13.1. The molecule has 0 saturated heterocycles. The Balaban J connectivity index is 2.85. The van der Waals surface area contributed by atoms with Crippen molar-refractivity contribution in [2.24, 2.45) is 0 Å². The molecule has 0 saturated carbocycles. The van der Waals surface area contributed by atoms with Crippen LogP contribution in [-0.2, 0) is 19.1 Å². The number of hydrogen-bond acceptors (Lipinski definition) is 7. The van der Waals surface area contributed by atoms with Gasteiger partial charge in [0.2, 0.25) is 5.91 Å². The lowest BCUT2D eigenvalue weighted by Gasteiger charge is -2.14. The first-order valence-corrected chi connectivity index (χ1v) is 6.84. The Morgan fingerprint density at radius 2 is 2.09 bits per heavy atom. The van der Waals surface area contributed by atoms with Crippen molar-refractivity contribution in [3.63, 3.8) is 0 Å². The average molecular weight is 325 g/mol. The highest BCUT2D eigenvalue weighted by molar-refractivity contribution is 6.01. The third-order valence-electron chi connectivity index (χ3n) is 2.68. The maximum absolute atomic E-state index is 12.1. The summed E-state index contributed by atoms with van der Waals surface area (Å²) in [6.07, 6.45) is 1.24. The van der Waals surface area contributed by atoms with Crippen molar-refractivity contribution >= 4 is 23.5 Å². The van der Waals surface area contributed by atoms with Crippen LogP contribution in [0.25, 0.3) is 0 Å². The fourth-order valence-electron chi connectivity index (χ4n) is 1.63. The Kier molecular flexibility index (Phi) is 6.94. The summed E-state index contributed by atoms with van der Waals surface area (Å²) in [5, 5.41) is 14.8. The third kappa shape index (κ3) is 5.22. The minimum atomic E-state index is -0.907. The number of ether oxygens (including phenoxy) is 2. The molecule has 1 unspecified atom stereocenters. The Hall–Kier alpha value is -2.68. The molecule has 0 aliphatic carbocycles. The lowest BCUT2D eigenvalue weighted by atomic mass is 10.2. The van der Waals surface area contributed by atoms with Gasteiger partial charge in [0.15, 0.2) is 11.4 Å².